The Morgan fingerprint density at radius 3 is 2.22 bits per heavy atom. The number of nitrogens with zero attached hydrogens (tertiary/aromatic N) is 2. The highest BCUT2D eigenvalue weighted by atomic mass is 15.1. The third-order valence-electron chi connectivity index (χ3n) is 11.2. The number of rotatable bonds is 5. The molecule has 0 N–H and O–H groups in total. The molecule has 0 bridgehead atoms. The number of hydrogen-bond acceptors (Lipinski definition) is 1. The summed E-state index contributed by atoms with van der Waals surface area (Å²) in [5.74, 6) is 2.11. The van der Waals surface area contributed by atoms with Crippen molar-refractivity contribution in [1.29, 1.82) is 0 Å². The Bertz CT molecular complexity index is 2240. The standard InChI is InChI=1S/C47H40N2/c1-32-15-9-10-20-38(32)45-40-22-12-11-21-39(40)44(34-16-5-3-6-17-34)41-30-29-36(31-47(41,45)2)33-25-27-35(28-26-33)46-48-42-23-13-14-24-43(42)49(46)37-18-7-4-8-19-37/h3-12,14-22,24-32,38,45H,13,23H2,1-2H3. The fourth-order valence-corrected chi connectivity index (χ4v) is 8.82. The fraction of sp³-hybridized carbons (Fsp3) is 0.170. The zero-order valence-corrected chi connectivity index (χ0v) is 28.1. The lowest BCUT2D eigenvalue weighted by Gasteiger charge is -2.49. The Labute approximate surface area is 289 Å². The Hall–Kier alpha value is -5.47. The summed E-state index contributed by atoms with van der Waals surface area (Å²) in [6, 6.07) is 39.8. The summed E-state index contributed by atoms with van der Waals surface area (Å²) < 4.78 is 2.32. The molecule has 5 aromatic rings. The highest BCUT2D eigenvalue weighted by Gasteiger charge is 2.48. The molecule has 4 aliphatic carbocycles. The number of aromatic nitrogens is 2. The number of fused-ring (bicyclic) bond motifs is 3. The molecule has 0 aliphatic heterocycles. The van der Waals surface area contributed by atoms with Gasteiger partial charge in [-0.15, -0.1) is 0 Å². The van der Waals surface area contributed by atoms with Crippen LogP contribution in [0.25, 0.3) is 34.3 Å². The Kier molecular flexibility index (Phi) is 7.20. The normalized spacial score (nSPS) is 23.6. The van der Waals surface area contributed by atoms with Crippen LogP contribution in [-0.2, 0) is 6.42 Å². The van der Waals surface area contributed by atoms with E-state index in [1.165, 1.54) is 50.4 Å². The molecule has 4 unspecified atom stereocenters. The molecule has 4 aliphatic rings. The largest absolute Gasteiger partial charge is 0.293 e. The molecule has 9 rings (SSSR count). The molecular weight excluding hydrogens is 593 g/mol. The van der Waals surface area contributed by atoms with Crippen LogP contribution in [0.1, 0.15) is 59.8 Å². The second kappa shape index (κ2) is 11.9. The van der Waals surface area contributed by atoms with Crippen molar-refractivity contribution in [2.75, 3.05) is 0 Å². The summed E-state index contributed by atoms with van der Waals surface area (Å²) >= 11 is 0. The molecule has 0 spiro atoms. The monoisotopic (exact) mass is 632 g/mol. The summed E-state index contributed by atoms with van der Waals surface area (Å²) in [5.41, 5.74) is 13.8. The van der Waals surface area contributed by atoms with E-state index in [4.69, 9.17) is 4.98 Å². The number of para-hydroxylation sites is 1. The zero-order valence-electron chi connectivity index (χ0n) is 28.1. The smallest absolute Gasteiger partial charge is 0.145 e. The van der Waals surface area contributed by atoms with Crippen LogP contribution in [0.2, 0.25) is 0 Å². The van der Waals surface area contributed by atoms with Crippen LogP contribution in [0.15, 0.2) is 163 Å². The third kappa shape index (κ3) is 4.89. The third-order valence-corrected chi connectivity index (χ3v) is 11.2. The average Bonchev–Trinajstić information content (AvgIpc) is 3.54. The Morgan fingerprint density at radius 1 is 0.714 bits per heavy atom. The molecule has 49 heavy (non-hydrogen) atoms. The van der Waals surface area contributed by atoms with E-state index in [1.807, 2.05) is 0 Å². The van der Waals surface area contributed by atoms with Crippen molar-refractivity contribution in [1.82, 2.24) is 9.55 Å². The van der Waals surface area contributed by atoms with Crippen LogP contribution in [0.5, 0.6) is 0 Å². The molecule has 2 nitrogen and oxygen atoms in total. The van der Waals surface area contributed by atoms with Crippen LogP contribution >= 0.6 is 0 Å². The van der Waals surface area contributed by atoms with Crippen LogP contribution in [-0.4, -0.2) is 9.55 Å². The van der Waals surface area contributed by atoms with E-state index in [0.717, 1.165) is 29.9 Å². The first kappa shape index (κ1) is 29.7. The van der Waals surface area contributed by atoms with Crippen molar-refractivity contribution < 1.29 is 0 Å². The van der Waals surface area contributed by atoms with E-state index >= 15 is 0 Å². The van der Waals surface area contributed by atoms with E-state index in [1.54, 1.807) is 0 Å². The van der Waals surface area contributed by atoms with Gasteiger partial charge in [0.1, 0.15) is 5.82 Å². The molecule has 238 valence electrons. The first-order valence-electron chi connectivity index (χ1n) is 17.7. The van der Waals surface area contributed by atoms with Gasteiger partial charge in [0.15, 0.2) is 0 Å². The molecule has 0 saturated heterocycles. The summed E-state index contributed by atoms with van der Waals surface area (Å²) in [6.45, 7) is 4.86. The van der Waals surface area contributed by atoms with Crippen LogP contribution in [0.4, 0.5) is 0 Å². The zero-order chi connectivity index (χ0) is 33.0. The van der Waals surface area contributed by atoms with E-state index < -0.39 is 0 Å². The van der Waals surface area contributed by atoms with Crippen molar-refractivity contribution in [3.63, 3.8) is 0 Å². The van der Waals surface area contributed by atoms with Gasteiger partial charge in [0.2, 0.25) is 0 Å². The topological polar surface area (TPSA) is 17.8 Å². The van der Waals surface area contributed by atoms with E-state index in [0.29, 0.717) is 17.8 Å². The maximum Gasteiger partial charge on any atom is 0.145 e. The van der Waals surface area contributed by atoms with Gasteiger partial charge in [-0.3, -0.25) is 4.57 Å². The van der Waals surface area contributed by atoms with Gasteiger partial charge < -0.3 is 0 Å². The molecule has 0 fully saturated rings. The van der Waals surface area contributed by atoms with Crippen LogP contribution < -0.4 is 0 Å². The van der Waals surface area contributed by atoms with Crippen molar-refractivity contribution in [2.24, 2.45) is 17.3 Å². The number of hydrogen-bond donors (Lipinski definition) is 0. The van der Waals surface area contributed by atoms with E-state index in [-0.39, 0.29) is 5.41 Å². The summed E-state index contributed by atoms with van der Waals surface area (Å²) in [4.78, 5) is 5.20. The molecule has 0 saturated carbocycles. The second-order valence-electron chi connectivity index (χ2n) is 14.1. The van der Waals surface area contributed by atoms with Crippen LogP contribution in [0.3, 0.4) is 0 Å². The number of benzene rings is 4. The Balaban J connectivity index is 1.17. The first-order chi connectivity index (χ1) is 24.1. The van der Waals surface area contributed by atoms with Gasteiger partial charge in [-0.05, 0) is 81.9 Å². The SMILES string of the molecule is CC1C=CC=CC1C1c2ccccc2C(c2ccccc2)=C2C=CC(c3ccc(-c4nc5c(n4-c4ccccc4)C=CCC5)cc3)=CC21C. The fourth-order valence-electron chi connectivity index (χ4n) is 8.82. The maximum absolute atomic E-state index is 5.20. The summed E-state index contributed by atoms with van der Waals surface area (Å²) in [7, 11) is 0. The molecule has 1 aromatic heterocycles. The minimum absolute atomic E-state index is 0.217. The first-order valence-corrected chi connectivity index (χ1v) is 17.7. The molecule has 4 aromatic carbocycles. The molecule has 4 atom stereocenters. The lowest BCUT2D eigenvalue weighted by atomic mass is 9.54. The average molecular weight is 633 g/mol. The van der Waals surface area contributed by atoms with E-state index in [9.17, 15) is 0 Å². The highest BCUT2D eigenvalue weighted by Crippen LogP contribution is 2.60. The van der Waals surface area contributed by atoms with Gasteiger partial charge in [0, 0.05) is 22.6 Å². The predicted molar refractivity (Wildman–Crippen MR) is 204 cm³/mol. The number of aryl methyl sites for hydroxylation is 1. The Morgan fingerprint density at radius 2 is 1.43 bits per heavy atom. The molecule has 0 radical (unpaired) electrons. The van der Waals surface area contributed by atoms with Gasteiger partial charge in [-0.2, -0.15) is 0 Å². The lowest BCUT2D eigenvalue weighted by molar-refractivity contribution is 0.286. The maximum atomic E-state index is 5.20. The van der Waals surface area contributed by atoms with Crippen molar-refractivity contribution in [3.8, 4) is 17.1 Å². The van der Waals surface area contributed by atoms with E-state index in [2.05, 4.69) is 182 Å². The van der Waals surface area contributed by atoms with Crippen molar-refractivity contribution in [2.45, 2.75) is 32.6 Å². The minimum atomic E-state index is -0.217. The summed E-state index contributed by atoms with van der Waals surface area (Å²) in [5, 5.41) is 0. The van der Waals surface area contributed by atoms with Gasteiger partial charge in [-0.25, -0.2) is 4.98 Å². The van der Waals surface area contributed by atoms with Gasteiger partial charge in [0.05, 0.1) is 11.4 Å². The molecule has 0 amide bonds. The minimum Gasteiger partial charge on any atom is -0.293 e. The summed E-state index contributed by atoms with van der Waals surface area (Å²) in [6.07, 6.45) is 23.1. The molecular formula is C47H40N2. The quantitative estimate of drug-likeness (QED) is 0.188. The molecule has 1 heterocycles. The number of imidazole rings is 1. The van der Waals surface area contributed by atoms with Crippen molar-refractivity contribution in [3.05, 3.63) is 197 Å². The van der Waals surface area contributed by atoms with Crippen LogP contribution in [0, 0.1) is 17.3 Å². The number of allylic oxidation sites excluding steroid dienone is 10. The lowest BCUT2D eigenvalue weighted by Crippen LogP contribution is -2.38. The van der Waals surface area contributed by atoms with Gasteiger partial charge in [0.25, 0.3) is 0 Å². The second-order valence-corrected chi connectivity index (χ2v) is 14.1. The van der Waals surface area contributed by atoms with Gasteiger partial charge in [-0.1, -0.05) is 160 Å². The predicted octanol–water partition coefficient (Wildman–Crippen LogP) is 11.4. The molecule has 2 heteroatoms. The van der Waals surface area contributed by atoms with Crippen molar-refractivity contribution >= 4 is 17.2 Å². The van der Waals surface area contributed by atoms with Gasteiger partial charge >= 0.3 is 0 Å². The highest BCUT2D eigenvalue weighted by molar-refractivity contribution is 5.92.